The van der Waals surface area contributed by atoms with Gasteiger partial charge in [0.15, 0.2) is 0 Å². The molecule has 0 radical (unpaired) electrons. The molecule has 0 aliphatic carbocycles. The van der Waals surface area contributed by atoms with Gasteiger partial charge < -0.3 is 25.2 Å². The molecule has 0 bridgehead atoms. The minimum atomic E-state index is -0.773. The highest BCUT2D eigenvalue weighted by Gasteiger charge is 2.21. The Labute approximate surface area is 158 Å². The Balaban J connectivity index is 2.22. The summed E-state index contributed by atoms with van der Waals surface area (Å²) in [7, 11) is 3.08. The first-order valence-electron chi connectivity index (χ1n) is 8.42. The summed E-state index contributed by atoms with van der Waals surface area (Å²) in [6.07, 6.45) is 0.284. The molecule has 7 heteroatoms. The van der Waals surface area contributed by atoms with E-state index < -0.39 is 6.04 Å². The van der Waals surface area contributed by atoms with Crippen LogP contribution in [-0.4, -0.2) is 37.2 Å². The molecule has 2 aromatic carbocycles. The Hall–Kier alpha value is -3.22. The van der Waals surface area contributed by atoms with Crippen molar-refractivity contribution in [2.45, 2.75) is 26.3 Å². The summed E-state index contributed by atoms with van der Waals surface area (Å²) in [6.45, 7) is 3.21. The molecule has 3 N–H and O–H groups in total. The molecule has 2 aromatic rings. The second-order valence-corrected chi connectivity index (χ2v) is 6.12. The van der Waals surface area contributed by atoms with Gasteiger partial charge in [0.25, 0.3) is 0 Å². The number of hydrogen-bond donors (Lipinski definition) is 3. The smallest absolute Gasteiger partial charge is 0.247 e. The van der Waals surface area contributed by atoms with Crippen LogP contribution in [0, 0.1) is 6.92 Å². The molecule has 0 unspecified atom stereocenters. The lowest BCUT2D eigenvalue weighted by Gasteiger charge is -2.19. The number of phenolic OH excluding ortho intramolecular Hbond substituents is 1. The minimum absolute atomic E-state index is 0.137. The van der Waals surface area contributed by atoms with Gasteiger partial charge in [-0.1, -0.05) is 12.1 Å². The molecule has 2 rings (SSSR count). The van der Waals surface area contributed by atoms with Crippen LogP contribution in [0.3, 0.4) is 0 Å². The molecule has 144 valence electrons. The predicted octanol–water partition coefficient (Wildman–Crippen LogP) is 2.40. The van der Waals surface area contributed by atoms with Crippen molar-refractivity contribution >= 4 is 17.5 Å². The SMILES string of the molecule is COc1cc(NC(=O)[C@H](Cc2ccc(O)cc2)NC(C)=O)cc(OC)c1C. The summed E-state index contributed by atoms with van der Waals surface area (Å²) in [5, 5.41) is 14.8. The minimum Gasteiger partial charge on any atom is -0.508 e. The first kappa shape index (κ1) is 20.1. The molecule has 0 spiro atoms. The van der Waals surface area contributed by atoms with Crippen LogP contribution in [0.1, 0.15) is 18.1 Å². The second kappa shape index (κ2) is 8.93. The zero-order valence-electron chi connectivity index (χ0n) is 15.8. The molecular weight excluding hydrogens is 348 g/mol. The van der Waals surface area contributed by atoms with E-state index in [4.69, 9.17) is 9.47 Å². The molecule has 0 fully saturated rings. The lowest BCUT2D eigenvalue weighted by atomic mass is 10.0. The molecule has 0 aromatic heterocycles. The van der Waals surface area contributed by atoms with Crippen molar-refractivity contribution in [2.24, 2.45) is 0 Å². The number of rotatable bonds is 7. The Bertz CT molecular complexity index is 793. The number of amides is 2. The lowest BCUT2D eigenvalue weighted by molar-refractivity contribution is -0.125. The first-order valence-corrected chi connectivity index (χ1v) is 8.42. The number of carbonyl (C=O) groups is 2. The fourth-order valence-electron chi connectivity index (χ4n) is 2.71. The number of methoxy groups -OCH3 is 2. The fraction of sp³-hybridized carbons (Fsp3) is 0.300. The summed E-state index contributed by atoms with van der Waals surface area (Å²) in [5.41, 5.74) is 2.13. The zero-order chi connectivity index (χ0) is 20.0. The average molecular weight is 372 g/mol. The van der Waals surface area contributed by atoms with Crippen LogP contribution in [0.5, 0.6) is 17.2 Å². The van der Waals surface area contributed by atoms with Crippen LogP contribution in [-0.2, 0) is 16.0 Å². The molecule has 2 amide bonds. The number of benzene rings is 2. The molecule has 27 heavy (non-hydrogen) atoms. The number of ether oxygens (including phenoxy) is 2. The summed E-state index contributed by atoms with van der Waals surface area (Å²) < 4.78 is 10.6. The highest BCUT2D eigenvalue weighted by atomic mass is 16.5. The van der Waals surface area contributed by atoms with E-state index in [2.05, 4.69) is 10.6 Å². The van der Waals surface area contributed by atoms with Gasteiger partial charge >= 0.3 is 0 Å². The molecule has 0 aliphatic rings. The van der Waals surface area contributed by atoms with Gasteiger partial charge in [-0.15, -0.1) is 0 Å². The van der Waals surface area contributed by atoms with Crippen molar-refractivity contribution in [1.29, 1.82) is 0 Å². The van der Waals surface area contributed by atoms with E-state index in [0.717, 1.165) is 11.1 Å². The monoisotopic (exact) mass is 372 g/mol. The molecule has 1 atom stereocenters. The number of aromatic hydroxyl groups is 1. The molecule has 7 nitrogen and oxygen atoms in total. The summed E-state index contributed by atoms with van der Waals surface area (Å²) in [5.74, 6) is 0.621. The van der Waals surface area contributed by atoms with Gasteiger partial charge in [-0.25, -0.2) is 0 Å². The van der Waals surface area contributed by atoms with E-state index in [0.29, 0.717) is 17.2 Å². The quantitative estimate of drug-likeness (QED) is 0.693. The van der Waals surface area contributed by atoms with E-state index in [-0.39, 0.29) is 24.0 Å². The second-order valence-electron chi connectivity index (χ2n) is 6.12. The number of phenols is 1. The standard InChI is InChI=1S/C20H24N2O5/c1-12-18(26-3)10-15(11-19(12)27-4)22-20(25)17(21-13(2)23)9-14-5-7-16(24)8-6-14/h5-8,10-11,17,24H,9H2,1-4H3,(H,21,23)(H,22,25)/t17-/m0/s1. The maximum atomic E-state index is 12.7. The van der Waals surface area contributed by atoms with Crippen molar-refractivity contribution in [3.63, 3.8) is 0 Å². The third-order valence-corrected chi connectivity index (χ3v) is 4.09. The van der Waals surface area contributed by atoms with E-state index in [1.807, 2.05) is 6.92 Å². The van der Waals surface area contributed by atoms with Crippen molar-refractivity contribution < 1.29 is 24.2 Å². The van der Waals surface area contributed by atoms with Crippen LogP contribution < -0.4 is 20.1 Å². The topological polar surface area (TPSA) is 96.9 Å². The van der Waals surface area contributed by atoms with Gasteiger partial charge in [0, 0.05) is 36.7 Å². The Morgan fingerprint density at radius 2 is 1.63 bits per heavy atom. The highest BCUT2D eigenvalue weighted by Crippen LogP contribution is 2.32. The lowest BCUT2D eigenvalue weighted by Crippen LogP contribution is -2.44. The maximum absolute atomic E-state index is 12.7. The van der Waals surface area contributed by atoms with E-state index in [9.17, 15) is 14.7 Å². The predicted molar refractivity (Wildman–Crippen MR) is 102 cm³/mol. The van der Waals surface area contributed by atoms with E-state index in [1.165, 1.54) is 33.3 Å². The van der Waals surface area contributed by atoms with Crippen molar-refractivity contribution in [3.05, 3.63) is 47.5 Å². The zero-order valence-corrected chi connectivity index (χ0v) is 15.8. The Morgan fingerprint density at radius 1 is 1.07 bits per heavy atom. The molecule has 0 aliphatic heterocycles. The Kier molecular flexibility index (Phi) is 6.65. The number of anilines is 1. The van der Waals surface area contributed by atoms with Crippen molar-refractivity contribution in [3.8, 4) is 17.2 Å². The average Bonchev–Trinajstić information content (AvgIpc) is 2.63. The van der Waals surface area contributed by atoms with Crippen molar-refractivity contribution in [1.82, 2.24) is 5.32 Å². The van der Waals surface area contributed by atoms with Crippen molar-refractivity contribution in [2.75, 3.05) is 19.5 Å². The molecular formula is C20H24N2O5. The largest absolute Gasteiger partial charge is 0.508 e. The maximum Gasteiger partial charge on any atom is 0.247 e. The third-order valence-electron chi connectivity index (χ3n) is 4.09. The van der Waals surface area contributed by atoms with Crippen LogP contribution in [0.2, 0.25) is 0 Å². The van der Waals surface area contributed by atoms with Crippen LogP contribution in [0.25, 0.3) is 0 Å². The number of hydrogen-bond acceptors (Lipinski definition) is 5. The van der Waals surface area contributed by atoms with Gasteiger partial charge in [0.05, 0.1) is 14.2 Å². The highest BCUT2D eigenvalue weighted by molar-refractivity contribution is 5.97. The third kappa shape index (κ3) is 5.37. The number of carbonyl (C=O) groups excluding carboxylic acids is 2. The first-order chi connectivity index (χ1) is 12.8. The van der Waals surface area contributed by atoms with Gasteiger partial charge in [0.1, 0.15) is 23.3 Å². The molecule has 0 saturated heterocycles. The van der Waals surface area contributed by atoms with Crippen LogP contribution in [0.15, 0.2) is 36.4 Å². The molecule has 0 saturated carbocycles. The van der Waals surface area contributed by atoms with E-state index >= 15 is 0 Å². The van der Waals surface area contributed by atoms with Gasteiger partial charge in [0.2, 0.25) is 11.8 Å². The molecule has 0 heterocycles. The number of nitrogens with one attached hydrogen (secondary N) is 2. The summed E-state index contributed by atoms with van der Waals surface area (Å²) in [4.78, 5) is 24.3. The van der Waals surface area contributed by atoms with Gasteiger partial charge in [-0.2, -0.15) is 0 Å². The van der Waals surface area contributed by atoms with Gasteiger partial charge in [-0.05, 0) is 24.6 Å². The normalized spacial score (nSPS) is 11.4. The summed E-state index contributed by atoms with van der Waals surface area (Å²) >= 11 is 0. The van der Waals surface area contributed by atoms with E-state index in [1.54, 1.807) is 24.3 Å². The van der Waals surface area contributed by atoms with Crippen LogP contribution in [0.4, 0.5) is 5.69 Å². The van der Waals surface area contributed by atoms with Gasteiger partial charge in [-0.3, -0.25) is 9.59 Å². The van der Waals surface area contributed by atoms with Crippen LogP contribution >= 0.6 is 0 Å². The summed E-state index contributed by atoms with van der Waals surface area (Å²) in [6, 6.07) is 9.10. The Morgan fingerprint density at radius 3 is 2.11 bits per heavy atom. The fourth-order valence-corrected chi connectivity index (χ4v) is 2.71.